The predicted molar refractivity (Wildman–Crippen MR) is 88.5 cm³/mol. The van der Waals surface area contributed by atoms with Crippen molar-refractivity contribution in [3.05, 3.63) is 35.6 Å². The maximum atomic E-state index is 14.2. The third-order valence-corrected chi connectivity index (χ3v) is 5.16. The van der Waals surface area contributed by atoms with Crippen LogP contribution < -0.4 is 5.32 Å². The van der Waals surface area contributed by atoms with Crippen molar-refractivity contribution in [3.8, 4) is 0 Å². The van der Waals surface area contributed by atoms with Gasteiger partial charge in [0.25, 0.3) is 0 Å². The molecule has 1 atom stereocenters. The Balaban J connectivity index is 1.65. The van der Waals surface area contributed by atoms with Gasteiger partial charge < -0.3 is 10.2 Å². The Hall–Kier alpha value is -0.970. The van der Waals surface area contributed by atoms with E-state index in [0.29, 0.717) is 6.04 Å². The number of hydrogen-bond acceptors (Lipinski definition) is 3. The minimum atomic E-state index is -0.0652. The Labute approximate surface area is 133 Å². The summed E-state index contributed by atoms with van der Waals surface area (Å²) in [6.45, 7) is 5.36. The van der Waals surface area contributed by atoms with Gasteiger partial charge in [-0.2, -0.15) is 0 Å². The molecule has 0 unspecified atom stereocenters. The molecule has 3 nitrogen and oxygen atoms in total. The van der Waals surface area contributed by atoms with Crippen LogP contribution in [0.3, 0.4) is 0 Å². The molecule has 2 aliphatic heterocycles. The van der Waals surface area contributed by atoms with Crippen molar-refractivity contribution in [2.45, 2.75) is 37.8 Å². The highest BCUT2D eigenvalue weighted by Gasteiger charge is 2.26. The maximum Gasteiger partial charge on any atom is 0.128 e. The maximum absolute atomic E-state index is 14.2. The average Bonchev–Trinajstić information content (AvgIpc) is 3.05. The molecule has 1 aromatic carbocycles. The lowest BCUT2D eigenvalue weighted by Crippen LogP contribution is -2.44. The number of likely N-dealkylation sites (tertiary alicyclic amines) is 2. The summed E-state index contributed by atoms with van der Waals surface area (Å²) in [6.07, 6.45) is 4.86. The molecule has 122 valence electrons. The van der Waals surface area contributed by atoms with E-state index in [1.807, 2.05) is 12.1 Å². The van der Waals surface area contributed by atoms with Gasteiger partial charge in [0, 0.05) is 18.2 Å². The lowest BCUT2D eigenvalue weighted by atomic mass is 10.0. The molecule has 0 radical (unpaired) electrons. The van der Waals surface area contributed by atoms with Gasteiger partial charge in [0.15, 0.2) is 0 Å². The van der Waals surface area contributed by atoms with Gasteiger partial charge in [-0.1, -0.05) is 18.2 Å². The van der Waals surface area contributed by atoms with Crippen LogP contribution in [0, 0.1) is 5.82 Å². The molecule has 0 saturated carbocycles. The summed E-state index contributed by atoms with van der Waals surface area (Å²) in [7, 11) is 2.18. The second kappa shape index (κ2) is 7.53. The lowest BCUT2D eigenvalue weighted by Gasteiger charge is -2.33. The third kappa shape index (κ3) is 3.86. The van der Waals surface area contributed by atoms with Crippen LogP contribution in [0.25, 0.3) is 0 Å². The Morgan fingerprint density at radius 1 is 1.14 bits per heavy atom. The molecule has 4 heteroatoms. The zero-order valence-electron chi connectivity index (χ0n) is 13.6. The standard InChI is InChI=1S/C18H28FN3/c1-21-12-8-15(9-13-21)20-14-18(22-10-4-5-11-22)16-6-2-3-7-17(16)19/h2-3,6-7,15,18,20H,4-5,8-14H2,1H3/t18-/m1/s1. The van der Waals surface area contributed by atoms with Crippen LogP contribution in [0.4, 0.5) is 4.39 Å². The van der Waals surface area contributed by atoms with Crippen molar-refractivity contribution >= 4 is 0 Å². The van der Waals surface area contributed by atoms with Crippen LogP contribution in [0.15, 0.2) is 24.3 Å². The van der Waals surface area contributed by atoms with E-state index in [-0.39, 0.29) is 11.9 Å². The molecule has 2 aliphatic rings. The van der Waals surface area contributed by atoms with Crippen molar-refractivity contribution in [1.82, 2.24) is 15.1 Å². The average molecular weight is 305 g/mol. The van der Waals surface area contributed by atoms with E-state index < -0.39 is 0 Å². The van der Waals surface area contributed by atoms with E-state index in [0.717, 1.165) is 38.3 Å². The molecule has 2 heterocycles. The van der Waals surface area contributed by atoms with Crippen LogP contribution >= 0.6 is 0 Å². The SMILES string of the molecule is CN1CCC(NC[C@H](c2ccccc2F)N2CCCC2)CC1. The first kappa shape index (κ1) is 15.9. The molecule has 0 aromatic heterocycles. The fourth-order valence-corrected chi connectivity index (χ4v) is 3.73. The quantitative estimate of drug-likeness (QED) is 0.902. The Bertz CT molecular complexity index is 465. The highest BCUT2D eigenvalue weighted by Crippen LogP contribution is 2.27. The fraction of sp³-hybridized carbons (Fsp3) is 0.667. The van der Waals surface area contributed by atoms with E-state index in [9.17, 15) is 4.39 Å². The monoisotopic (exact) mass is 305 g/mol. The van der Waals surface area contributed by atoms with Gasteiger partial charge in [0.1, 0.15) is 5.82 Å². The smallest absolute Gasteiger partial charge is 0.128 e. The summed E-state index contributed by atoms with van der Waals surface area (Å²) in [5, 5.41) is 3.71. The molecule has 0 spiro atoms. The van der Waals surface area contributed by atoms with Crippen LogP contribution in [0.5, 0.6) is 0 Å². The van der Waals surface area contributed by atoms with E-state index in [4.69, 9.17) is 0 Å². The second-order valence-corrected chi connectivity index (χ2v) is 6.77. The molecule has 1 aromatic rings. The first-order chi connectivity index (χ1) is 10.7. The van der Waals surface area contributed by atoms with Crippen LogP contribution in [-0.2, 0) is 0 Å². The molecule has 0 aliphatic carbocycles. The van der Waals surface area contributed by atoms with Crippen LogP contribution in [0.1, 0.15) is 37.3 Å². The zero-order valence-corrected chi connectivity index (χ0v) is 13.6. The highest BCUT2D eigenvalue weighted by atomic mass is 19.1. The molecule has 22 heavy (non-hydrogen) atoms. The Morgan fingerprint density at radius 2 is 1.82 bits per heavy atom. The molecule has 0 bridgehead atoms. The van der Waals surface area contributed by atoms with Crippen molar-refractivity contribution in [1.29, 1.82) is 0 Å². The predicted octanol–water partition coefficient (Wildman–Crippen LogP) is 2.65. The van der Waals surface area contributed by atoms with Gasteiger partial charge in [0.05, 0.1) is 6.04 Å². The van der Waals surface area contributed by atoms with Crippen molar-refractivity contribution < 1.29 is 4.39 Å². The molecular formula is C18H28FN3. The summed E-state index contributed by atoms with van der Waals surface area (Å²) in [6, 6.07) is 8.03. The highest BCUT2D eigenvalue weighted by molar-refractivity contribution is 5.22. The van der Waals surface area contributed by atoms with Crippen molar-refractivity contribution in [3.63, 3.8) is 0 Å². The normalized spacial score (nSPS) is 23.0. The molecule has 1 N–H and O–H groups in total. The van der Waals surface area contributed by atoms with Gasteiger partial charge >= 0.3 is 0 Å². The summed E-state index contributed by atoms with van der Waals surface area (Å²) in [4.78, 5) is 4.83. The van der Waals surface area contributed by atoms with E-state index in [1.165, 1.54) is 25.7 Å². The summed E-state index contributed by atoms with van der Waals surface area (Å²) < 4.78 is 14.2. The Morgan fingerprint density at radius 3 is 2.50 bits per heavy atom. The van der Waals surface area contributed by atoms with Crippen molar-refractivity contribution in [2.24, 2.45) is 0 Å². The molecule has 2 fully saturated rings. The van der Waals surface area contributed by atoms with E-state index >= 15 is 0 Å². The first-order valence-corrected chi connectivity index (χ1v) is 8.64. The minimum absolute atomic E-state index is 0.0652. The van der Waals surface area contributed by atoms with Gasteiger partial charge in [-0.3, -0.25) is 4.90 Å². The summed E-state index contributed by atoms with van der Waals surface area (Å²) >= 11 is 0. The first-order valence-electron chi connectivity index (χ1n) is 8.64. The Kier molecular flexibility index (Phi) is 5.45. The number of rotatable bonds is 5. The molecule has 3 rings (SSSR count). The van der Waals surface area contributed by atoms with Gasteiger partial charge in [-0.05, 0) is 65.0 Å². The number of benzene rings is 1. The fourth-order valence-electron chi connectivity index (χ4n) is 3.73. The number of halogens is 1. The number of nitrogens with one attached hydrogen (secondary N) is 1. The lowest BCUT2D eigenvalue weighted by molar-refractivity contribution is 0.199. The van der Waals surface area contributed by atoms with E-state index in [1.54, 1.807) is 12.1 Å². The van der Waals surface area contributed by atoms with Gasteiger partial charge in [-0.25, -0.2) is 4.39 Å². The summed E-state index contributed by atoms with van der Waals surface area (Å²) in [5.41, 5.74) is 0.852. The van der Waals surface area contributed by atoms with Crippen LogP contribution in [0.2, 0.25) is 0 Å². The zero-order chi connectivity index (χ0) is 15.4. The number of hydrogen-bond donors (Lipinski definition) is 1. The second-order valence-electron chi connectivity index (χ2n) is 6.77. The van der Waals surface area contributed by atoms with Crippen LogP contribution in [-0.4, -0.2) is 55.6 Å². The third-order valence-electron chi connectivity index (χ3n) is 5.16. The van der Waals surface area contributed by atoms with E-state index in [2.05, 4.69) is 22.2 Å². The molecule has 0 amide bonds. The number of nitrogens with zero attached hydrogens (tertiary/aromatic N) is 2. The van der Waals surface area contributed by atoms with Gasteiger partial charge in [-0.15, -0.1) is 0 Å². The van der Waals surface area contributed by atoms with Crippen molar-refractivity contribution in [2.75, 3.05) is 39.8 Å². The molecular weight excluding hydrogens is 277 g/mol. The largest absolute Gasteiger partial charge is 0.312 e. The minimum Gasteiger partial charge on any atom is -0.312 e. The summed E-state index contributed by atoms with van der Waals surface area (Å²) in [5.74, 6) is -0.0652. The molecule has 2 saturated heterocycles. The van der Waals surface area contributed by atoms with Gasteiger partial charge in [0.2, 0.25) is 0 Å². The topological polar surface area (TPSA) is 18.5 Å². The number of piperidine rings is 1.